The molecule has 0 bridgehead atoms. The van der Waals surface area contributed by atoms with Crippen LogP contribution in [-0.2, 0) is 0 Å². The maximum Gasteiger partial charge on any atom is 0.291 e. The molecule has 27 heavy (non-hydrogen) atoms. The quantitative estimate of drug-likeness (QED) is 0.619. The molecule has 0 aliphatic rings. The Morgan fingerprint density at radius 1 is 0.963 bits per heavy atom. The Kier molecular flexibility index (Phi) is 5.69. The minimum atomic E-state index is -0.411. The molecule has 0 aliphatic carbocycles. The van der Waals surface area contributed by atoms with Crippen LogP contribution in [0.1, 0.15) is 20.9 Å². The van der Waals surface area contributed by atoms with E-state index >= 15 is 0 Å². The van der Waals surface area contributed by atoms with E-state index in [2.05, 4.69) is 10.6 Å². The third-order valence-corrected chi connectivity index (χ3v) is 4.37. The van der Waals surface area contributed by atoms with E-state index in [1.165, 1.54) is 19.4 Å². The van der Waals surface area contributed by atoms with Crippen molar-refractivity contribution in [1.82, 2.24) is 0 Å². The molecule has 3 rings (SSSR count). The second-order valence-corrected chi connectivity index (χ2v) is 6.24. The highest BCUT2D eigenvalue weighted by atomic mass is 35.5. The van der Waals surface area contributed by atoms with E-state index in [9.17, 15) is 9.59 Å². The molecule has 3 aromatic rings. The first-order valence-electron chi connectivity index (χ1n) is 7.77. The highest BCUT2D eigenvalue weighted by Crippen LogP contribution is 2.29. The molecule has 0 unspecified atom stereocenters. The molecule has 0 fully saturated rings. The number of carbonyl (C=O) groups is 2. The molecule has 2 amide bonds. The van der Waals surface area contributed by atoms with E-state index in [4.69, 9.17) is 32.4 Å². The van der Waals surface area contributed by atoms with Gasteiger partial charge in [-0.05, 0) is 42.5 Å². The Morgan fingerprint density at radius 2 is 1.78 bits per heavy atom. The van der Waals surface area contributed by atoms with Gasteiger partial charge in [-0.3, -0.25) is 9.59 Å². The van der Waals surface area contributed by atoms with Crippen molar-refractivity contribution in [3.8, 4) is 5.75 Å². The van der Waals surface area contributed by atoms with Gasteiger partial charge >= 0.3 is 0 Å². The highest BCUT2D eigenvalue weighted by Gasteiger charge is 2.14. The summed E-state index contributed by atoms with van der Waals surface area (Å²) in [5.74, 6) is -0.218. The molecule has 0 atom stereocenters. The topological polar surface area (TPSA) is 80.6 Å². The van der Waals surface area contributed by atoms with Crippen LogP contribution in [-0.4, -0.2) is 18.9 Å². The summed E-state index contributed by atoms with van der Waals surface area (Å²) in [7, 11) is 1.46. The molecule has 0 aliphatic heterocycles. The molecular weight excluding hydrogens is 391 g/mol. The van der Waals surface area contributed by atoms with Gasteiger partial charge in [0.15, 0.2) is 5.76 Å². The molecule has 1 aromatic heterocycles. The average molecular weight is 405 g/mol. The molecule has 1 heterocycles. The van der Waals surface area contributed by atoms with E-state index < -0.39 is 5.91 Å². The van der Waals surface area contributed by atoms with Gasteiger partial charge in [-0.25, -0.2) is 0 Å². The summed E-state index contributed by atoms with van der Waals surface area (Å²) in [5.41, 5.74) is 1.28. The number of hydrogen-bond donors (Lipinski definition) is 2. The number of carbonyl (C=O) groups excluding carboxylic acids is 2. The van der Waals surface area contributed by atoms with Crippen molar-refractivity contribution < 1.29 is 18.7 Å². The zero-order chi connectivity index (χ0) is 19.4. The highest BCUT2D eigenvalue weighted by molar-refractivity contribution is 6.42. The number of ether oxygens (including phenoxy) is 1. The van der Waals surface area contributed by atoms with Crippen LogP contribution in [0.5, 0.6) is 5.75 Å². The van der Waals surface area contributed by atoms with Gasteiger partial charge in [0.1, 0.15) is 5.75 Å². The Balaban J connectivity index is 1.76. The normalized spacial score (nSPS) is 10.3. The van der Waals surface area contributed by atoms with Crippen molar-refractivity contribution in [3.63, 3.8) is 0 Å². The number of halogens is 2. The van der Waals surface area contributed by atoms with Crippen LogP contribution in [0.15, 0.2) is 59.2 Å². The molecule has 0 saturated carbocycles. The lowest BCUT2D eigenvalue weighted by molar-refractivity contribution is 0.0994. The summed E-state index contributed by atoms with van der Waals surface area (Å²) in [6.07, 6.45) is 1.41. The Morgan fingerprint density at radius 3 is 2.44 bits per heavy atom. The van der Waals surface area contributed by atoms with Gasteiger partial charge in [-0.1, -0.05) is 23.2 Å². The van der Waals surface area contributed by atoms with Crippen LogP contribution in [0.2, 0.25) is 10.0 Å². The molecule has 6 nitrogen and oxygen atoms in total. The fourth-order valence-electron chi connectivity index (χ4n) is 2.30. The number of furan rings is 1. The SMILES string of the molecule is COc1cc(NC(=O)c2ccc(Cl)c(Cl)c2)ccc1NC(=O)c1ccco1. The number of amides is 2. The third-order valence-electron chi connectivity index (χ3n) is 3.63. The second kappa shape index (κ2) is 8.16. The predicted octanol–water partition coefficient (Wildman–Crippen LogP) is 5.10. The molecule has 0 radical (unpaired) electrons. The van der Waals surface area contributed by atoms with E-state index in [1.807, 2.05) is 0 Å². The fraction of sp³-hybridized carbons (Fsp3) is 0.0526. The van der Waals surface area contributed by atoms with Gasteiger partial charge in [0.25, 0.3) is 11.8 Å². The molecule has 8 heteroatoms. The van der Waals surface area contributed by atoms with Crippen molar-refractivity contribution in [2.75, 3.05) is 17.7 Å². The lowest BCUT2D eigenvalue weighted by Crippen LogP contribution is -2.13. The maximum atomic E-state index is 12.4. The maximum absolute atomic E-state index is 12.4. The van der Waals surface area contributed by atoms with Crippen molar-refractivity contribution in [1.29, 1.82) is 0 Å². The number of benzene rings is 2. The zero-order valence-electron chi connectivity index (χ0n) is 14.1. The number of anilines is 2. The van der Waals surface area contributed by atoms with Crippen LogP contribution in [0.25, 0.3) is 0 Å². The van der Waals surface area contributed by atoms with Gasteiger partial charge in [0, 0.05) is 17.3 Å². The number of nitrogens with one attached hydrogen (secondary N) is 2. The second-order valence-electron chi connectivity index (χ2n) is 5.43. The van der Waals surface area contributed by atoms with E-state index in [-0.39, 0.29) is 16.7 Å². The van der Waals surface area contributed by atoms with Gasteiger partial charge in [0.05, 0.1) is 29.1 Å². The van der Waals surface area contributed by atoms with E-state index in [1.54, 1.807) is 42.5 Å². The fourth-order valence-corrected chi connectivity index (χ4v) is 2.60. The van der Waals surface area contributed by atoms with Gasteiger partial charge < -0.3 is 19.8 Å². The lowest BCUT2D eigenvalue weighted by atomic mass is 10.2. The average Bonchev–Trinajstić information content (AvgIpc) is 3.20. The third kappa shape index (κ3) is 4.42. The number of rotatable bonds is 5. The minimum Gasteiger partial charge on any atom is -0.494 e. The zero-order valence-corrected chi connectivity index (χ0v) is 15.6. The standard InChI is InChI=1S/C19H14Cl2N2O4/c1-26-17-10-12(22-18(24)11-4-6-13(20)14(21)9-11)5-7-15(17)23-19(25)16-3-2-8-27-16/h2-10H,1H3,(H,22,24)(H,23,25). The first-order chi connectivity index (χ1) is 13.0. The number of methoxy groups -OCH3 is 1. The first kappa shape index (κ1) is 18.8. The first-order valence-corrected chi connectivity index (χ1v) is 8.53. The molecule has 138 valence electrons. The van der Waals surface area contributed by atoms with Crippen LogP contribution in [0.4, 0.5) is 11.4 Å². The van der Waals surface area contributed by atoms with Crippen LogP contribution < -0.4 is 15.4 Å². The van der Waals surface area contributed by atoms with Crippen molar-refractivity contribution in [2.24, 2.45) is 0 Å². The molecule has 2 aromatic carbocycles. The Labute approximate surface area is 165 Å². The lowest BCUT2D eigenvalue weighted by Gasteiger charge is -2.12. The Bertz CT molecular complexity index is 987. The smallest absolute Gasteiger partial charge is 0.291 e. The van der Waals surface area contributed by atoms with Crippen molar-refractivity contribution in [3.05, 3.63) is 76.2 Å². The molecule has 0 spiro atoms. The Hall–Kier alpha value is -2.96. The predicted molar refractivity (Wildman–Crippen MR) is 104 cm³/mol. The molecular formula is C19H14Cl2N2O4. The van der Waals surface area contributed by atoms with Gasteiger partial charge in [-0.15, -0.1) is 0 Å². The van der Waals surface area contributed by atoms with E-state index in [0.29, 0.717) is 27.7 Å². The van der Waals surface area contributed by atoms with Gasteiger partial charge in [-0.2, -0.15) is 0 Å². The largest absolute Gasteiger partial charge is 0.494 e. The van der Waals surface area contributed by atoms with Crippen molar-refractivity contribution >= 4 is 46.4 Å². The van der Waals surface area contributed by atoms with E-state index in [0.717, 1.165) is 0 Å². The summed E-state index contributed by atoms with van der Waals surface area (Å²) < 4.78 is 10.3. The molecule has 0 saturated heterocycles. The summed E-state index contributed by atoms with van der Waals surface area (Å²) >= 11 is 11.8. The summed E-state index contributed by atoms with van der Waals surface area (Å²) in [5, 5.41) is 6.08. The number of hydrogen-bond acceptors (Lipinski definition) is 4. The monoisotopic (exact) mass is 404 g/mol. The van der Waals surface area contributed by atoms with Crippen molar-refractivity contribution in [2.45, 2.75) is 0 Å². The minimum absolute atomic E-state index is 0.175. The summed E-state index contributed by atoms with van der Waals surface area (Å²) in [4.78, 5) is 24.5. The van der Waals surface area contributed by atoms with Crippen LogP contribution in [0.3, 0.4) is 0 Å². The van der Waals surface area contributed by atoms with Crippen LogP contribution >= 0.6 is 23.2 Å². The summed E-state index contributed by atoms with van der Waals surface area (Å²) in [6.45, 7) is 0. The van der Waals surface area contributed by atoms with Crippen LogP contribution in [0, 0.1) is 0 Å². The van der Waals surface area contributed by atoms with Gasteiger partial charge in [0.2, 0.25) is 0 Å². The summed E-state index contributed by atoms with van der Waals surface area (Å²) in [6, 6.07) is 12.6. The molecule has 2 N–H and O–H groups in total.